The van der Waals surface area contributed by atoms with Crippen LogP contribution in [0.3, 0.4) is 0 Å². The molecule has 2 amide bonds. The number of likely N-dealkylation sites (N-methyl/N-ethyl adjacent to an activating group) is 1. The zero-order valence-electron chi connectivity index (χ0n) is 20.1. The Morgan fingerprint density at radius 1 is 0.971 bits per heavy atom. The first-order valence-corrected chi connectivity index (χ1v) is 12.1. The number of nitrogens with zero attached hydrogens (tertiary/aromatic N) is 1. The predicted octanol–water partition coefficient (Wildman–Crippen LogP) is 5.14. The summed E-state index contributed by atoms with van der Waals surface area (Å²) in [6.45, 7) is 6.16. The van der Waals surface area contributed by atoms with Gasteiger partial charge in [0.2, 0.25) is 5.91 Å². The van der Waals surface area contributed by atoms with Gasteiger partial charge in [0, 0.05) is 24.5 Å². The lowest BCUT2D eigenvalue weighted by Gasteiger charge is -2.31. The van der Waals surface area contributed by atoms with Gasteiger partial charge >= 0.3 is 0 Å². The van der Waals surface area contributed by atoms with Crippen LogP contribution in [0.2, 0.25) is 0 Å². The van der Waals surface area contributed by atoms with Crippen molar-refractivity contribution in [1.82, 2.24) is 10.2 Å². The van der Waals surface area contributed by atoms with E-state index in [0.717, 1.165) is 32.3 Å². The van der Waals surface area contributed by atoms with Gasteiger partial charge in [0.25, 0.3) is 5.91 Å². The smallest absolute Gasteiger partial charge is 0.261 e. The summed E-state index contributed by atoms with van der Waals surface area (Å²) in [5.41, 5.74) is 5.10. The quantitative estimate of drug-likeness (QED) is 0.423. The first-order valence-electron chi connectivity index (χ1n) is 11.3. The van der Waals surface area contributed by atoms with Crippen molar-refractivity contribution in [2.24, 2.45) is 0 Å². The van der Waals surface area contributed by atoms with E-state index in [9.17, 15) is 9.59 Å². The summed E-state index contributed by atoms with van der Waals surface area (Å²) < 4.78 is 6.93. The summed E-state index contributed by atoms with van der Waals surface area (Å²) in [7, 11) is 1.60. The van der Waals surface area contributed by atoms with Gasteiger partial charge in [-0.15, -0.1) is 0 Å². The van der Waals surface area contributed by atoms with Crippen molar-refractivity contribution >= 4 is 27.7 Å². The zero-order chi connectivity index (χ0) is 24.7. The number of ether oxygens (including phenoxy) is 1. The van der Waals surface area contributed by atoms with Crippen molar-refractivity contribution in [2.45, 2.75) is 39.8 Å². The third-order valence-corrected chi connectivity index (χ3v) is 6.43. The zero-order valence-corrected chi connectivity index (χ0v) is 21.7. The molecule has 0 aliphatic carbocycles. The summed E-state index contributed by atoms with van der Waals surface area (Å²) in [4.78, 5) is 28.1. The number of benzene rings is 3. The van der Waals surface area contributed by atoms with Gasteiger partial charge in [-0.1, -0.05) is 64.5 Å². The molecule has 1 atom stereocenters. The Morgan fingerprint density at radius 2 is 1.65 bits per heavy atom. The van der Waals surface area contributed by atoms with Crippen molar-refractivity contribution < 1.29 is 14.3 Å². The Labute approximate surface area is 210 Å². The topological polar surface area (TPSA) is 58.6 Å². The Kier molecular flexibility index (Phi) is 8.88. The van der Waals surface area contributed by atoms with E-state index in [2.05, 4.69) is 27.3 Å². The van der Waals surface area contributed by atoms with E-state index in [1.807, 2.05) is 81.4 Å². The molecule has 3 rings (SSSR count). The van der Waals surface area contributed by atoms with Gasteiger partial charge in [-0.3, -0.25) is 9.59 Å². The molecule has 6 heteroatoms. The fourth-order valence-corrected chi connectivity index (χ4v) is 4.14. The summed E-state index contributed by atoms with van der Waals surface area (Å²) in [6, 6.07) is 20.8. The van der Waals surface area contributed by atoms with E-state index < -0.39 is 6.04 Å². The van der Waals surface area contributed by atoms with E-state index in [-0.39, 0.29) is 18.4 Å². The Balaban J connectivity index is 1.89. The van der Waals surface area contributed by atoms with Gasteiger partial charge < -0.3 is 15.0 Å². The normalized spacial score (nSPS) is 11.6. The number of hydrogen-bond donors (Lipinski definition) is 1. The fourth-order valence-electron chi connectivity index (χ4n) is 3.88. The molecule has 0 saturated heterocycles. The van der Waals surface area contributed by atoms with Crippen LogP contribution >= 0.6 is 15.9 Å². The molecule has 34 heavy (non-hydrogen) atoms. The average molecular weight is 523 g/mol. The van der Waals surface area contributed by atoms with Crippen LogP contribution in [0.5, 0.6) is 5.75 Å². The number of amides is 2. The molecular formula is C28H31BrN2O3. The van der Waals surface area contributed by atoms with Crippen LogP contribution in [0.1, 0.15) is 27.8 Å². The van der Waals surface area contributed by atoms with Gasteiger partial charge in [0.1, 0.15) is 11.8 Å². The summed E-state index contributed by atoms with van der Waals surface area (Å²) >= 11 is 3.45. The standard InChI is InChI=1S/C28H31BrN2O3/c1-19-14-20(2)21(3)26(15-19)34-18-27(32)31(17-23-10-12-24(29)13-11-23)25(28(33)30-4)16-22-8-6-5-7-9-22/h5-15,25H,16-18H2,1-4H3,(H,30,33). The Bertz CT molecular complexity index is 1130. The minimum Gasteiger partial charge on any atom is -0.483 e. The number of rotatable bonds is 9. The highest BCUT2D eigenvalue weighted by atomic mass is 79.9. The Morgan fingerprint density at radius 3 is 2.29 bits per heavy atom. The van der Waals surface area contributed by atoms with E-state index in [0.29, 0.717) is 18.7 Å². The van der Waals surface area contributed by atoms with Crippen molar-refractivity contribution in [3.63, 3.8) is 0 Å². The number of nitrogens with one attached hydrogen (secondary N) is 1. The third kappa shape index (κ3) is 6.70. The van der Waals surface area contributed by atoms with Crippen LogP contribution in [0, 0.1) is 20.8 Å². The Hall–Kier alpha value is -3.12. The highest BCUT2D eigenvalue weighted by Crippen LogP contribution is 2.24. The van der Waals surface area contributed by atoms with E-state index in [4.69, 9.17) is 4.74 Å². The molecule has 178 valence electrons. The second-order valence-electron chi connectivity index (χ2n) is 8.46. The van der Waals surface area contributed by atoms with Crippen molar-refractivity contribution in [2.75, 3.05) is 13.7 Å². The maximum atomic E-state index is 13.5. The van der Waals surface area contributed by atoms with E-state index >= 15 is 0 Å². The highest BCUT2D eigenvalue weighted by Gasteiger charge is 2.30. The molecular weight excluding hydrogens is 492 g/mol. The lowest BCUT2D eigenvalue weighted by molar-refractivity contribution is -0.142. The minimum atomic E-state index is -0.674. The lowest BCUT2D eigenvalue weighted by atomic mass is 10.0. The number of aryl methyl sites for hydroxylation is 2. The van der Waals surface area contributed by atoms with Crippen molar-refractivity contribution in [3.05, 3.63) is 99.0 Å². The van der Waals surface area contributed by atoms with Gasteiger partial charge in [-0.2, -0.15) is 0 Å². The third-order valence-electron chi connectivity index (χ3n) is 5.90. The van der Waals surface area contributed by atoms with Crippen LogP contribution in [0.25, 0.3) is 0 Å². The SMILES string of the molecule is CNC(=O)C(Cc1ccccc1)N(Cc1ccc(Br)cc1)C(=O)COc1cc(C)cc(C)c1C. The first-order chi connectivity index (χ1) is 16.3. The number of hydrogen-bond acceptors (Lipinski definition) is 3. The van der Waals surface area contributed by atoms with E-state index in [1.54, 1.807) is 11.9 Å². The molecule has 1 N–H and O–H groups in total. The van der Waals surface area contributed by atoms with Crippen LogP contribution in [0.4, 0.5) is 0 Å². The maximum Gasteiger partial charge on any atom is 0.261 e. The molecule has 0 fully saturated rings. The molecule has 0 radical (unpaired) electrons. The molecule has 0 aliphatic rings. The van der Waals surface area contributed by atoms with Crippen LogP contribution in [0.15, 0.2) is 71.2 Å². The molecule has 5 nitrogen and oxygen atoms in total. The van der Waals surface area contributed by atoms with Crippen LogP contribution in [-0.4, -0.2) is 36.4 Å². The molecule has 0 bridgehead atoms. The number of halogens is 1. The molecule has 0 aromatic heterocycles. The minimum absolute atomic E-state index is 0.150. The number of carbonyl (C=O) groups is 2. The van der Waals surface area contributed by atoms with E-state index in [1.165, 1.54) is 0 Å². The number of carbonyl (C=O) groups excluding carboxylic acids is 2. The lowest BCUT2D eigenvalue weighted by Crippen LogP contribution is -2.51. The van der Waals surface area contributed by atoms with Gasteiger partial charge in [-0.05, 0) is 66.8 Å². The molecule has 1 unspecified atom stereocenters. The maximum absolute atomic E-state index is 13.5. The molecule has 3 aromatic rings. The molecule has 0 spiro atoms. The first kappa shape index (κ1) is 25.5. The van der Waals surface area contributed by atoms with Gasteiger partial charge in [-0.25, -0.2) is 0 Å². The molecule has 0 heterocycles. The van der Waals surface area contributed by atoms with Gasteiger partial charge in [0.15, 0.2) is 6.61 Å². The van der Waals surface area contributed by atoms with Gasteiger partial charge in [0.05, 0.1) is 0 Å². The van der Waals surface area contributed by atoms with Crippen molar-refractivity contribution in [3.8, 4) is 5.75 Å². The second-order valence-corrected chi connectivity index (χ2v) is 9.38. The van der Waals surface area contributed by atoms with Crippen LogP contribution < -0.4 is 10.1 Å². The molecule has 3 aromatic carbocycles. The molecule has 0 aliphatic heterocycles. The monoisotopic (exact) mass is 522 g/mol. The molecule has 0 saturated carbocycles. The summed E-state index contributed by atoms with van der Waals surface area (Å²) in [6.07, 6.45) is 0.408. The van der Waals surface area contributed by atoms with Crippen molar-refractivity contribution in [1.29, 1.82) is 0 Å². The summed E-state index contributed by atoms with van der Waals surface area (Å²) in [5.74, 6) is 0.233. The fraction of sp³-hybridized carbons (Fsp3) is 0.286. The van der Waals surface area contributed by atoms with Crippen LogP contribution in [-0.2, 0) is 22.6 Å². The average Bonchev–Trinajstić information content (AvgIpc) is 2.83. The highest BCUT2D eigenvalue weighted by molar-refractivity contribution is 9.10. The summed E-state index contributed by atoms with van der Waals surface area (Å²) in [5, 5.41) is 2.73. The predicted molar refractivity (Wildman–Crippen MR) is 139 cm³/mol. The largest absolute Gasteiger partial charge is 0.483 e. The second kappa shape index (κ2) is 11.8.